The highest BCUT2D eigenvalue weighted by Crippen LogP contribution is 2.27. The van der Waals surface area contributed by atoms with Crippen molar-refractivity contribution in [1.29, 1.82) is 0 Å². The van der Waals surface area contributed by atoms with Crippen molar-refractivity contribution in [1.82, 2.24) is 14.7 Å². The van der Waals surface area contributed by atoms with Gasteiger partial charge < -0.3 is 9.64 Å². The number of amides is 1. The summed E-state index contributed by atoms with van der Waals surface area (Å²) >= 11 is 1.93. The maximum absolute atomic E-state index is 12.8. The lowest BCUT2D eigenvalue weighted by Gasteiger charge is -2.20. The number of ether oxygens (including phenoxy) is 1. The van der Waals surface area contributed by atoms with Gasteiger partial charge in [0, 0.05) is 44.6 Å². The minimum atomic E-state index is 0.141. The van der Waals surface area contributed by atoms with Gasteiger partial charge in [0.2, 0.25) is 0 Å². The summed E-state index contributed by atoms with van der Waals surface area (Å²) in [5.74, 6) is 2.60. The number of carbonyl (C=O) groups is 1. The second-order valence-corrected chi connectivity index (χ2v) is 6.65. The zero-order valence-electron chi connectivity index (χ0n) is 11.9. The van der Waals surface area contributed by atoms with Gasteiger partial charge >= 0.3 is 0 Å². The van der Waals surface area contributed by atoms with E-state index in [9.17, 15) is 4.79 Å². The molecule has 2 fully saturated rings. The van der Waals surface area contributed by atoms with Crippen LogP contribution in [0.5, 0.6) is 0 Å². The van der Waals surface area contributed by atoms with Gasteiger partial charge in [0.1, 0.15) is 0 Å². The zero-order chi connectivity index (χ0) is 13.9. The molecule has 6 heteroatoms. The van der Waals surface area contributed by atoms with Crippen molar-refractivity contribution in [3.8, 4) is 0 Å². The van der Waals surface area contributed by atoms with Gasteiger partial charge in [-0.3, -0.25) is 9.48 Å². The molecule has 1 aromatic rings. The van der Waals surface area contributed by atoms with Crippen LogP contribution in [0.3, 0.4) is 0 Å². The Hall–Kier alpha value is -1.01. The first kappa shape index (κ1) is 13.9. The van der Waals surface area contributed by atoms with Crippen LogP contribution >= 0.6 is 11.8 Å². The molecular formula is C14H21N3O2S. The molecule has 1 amide bonds. The van der Waals surface area contributed by atoms with Crippen LogP contribution in [0.15, 0.2) is 6.20 Å². The third kappa shape index (κ3) is 2.86. The lowest BCUT2D eigenvalue weighted by atomic mass is 10.0. The van der Waals surface area contributed by atoms with Gasteiger partial charge in [-0.1, -0.05) is 0 Å². The van der Waals surface area contributed by atoms with Gasteiger partial charge in [0.25, 0.3) is 5.91 Å². The number of carbonyl (C=O) groups excluding carboxylic acids is 1. The van der Waals surface area contributed by atoms with Gasteiger partial charge in [-0.15, -0.1) is 0 Å². The quantitative estimate of drug-likeness (QED) is 0.829. The van der Waals surface area contributed by atoms with E-state index in [2.05, 4.69) is 5.10 Å². The van der Waals surface area contributed by atoms with Gasteiger partial charge in [0.15, 0.2) is 0 Å². The van der Waals surface area contributed by atoms with Crippen LogP contribution in [0.2, 0.25) is 0 Å². The number of aromatic nitrogens is 2. The molecule has 2 aliphatic rings. The van der Waals surface area contributed by atoms with Gasteiger partial charge in [0.05, 0.1) is 17.9 Å². The third-order valence-corrected chi connectivity index (χ3v) is 4.96. The van der Waals surface area contributed by atoms with Crippen LogP contribution in [-0.4, -0.2) is 58.4 Å². The van der Waals surface area contributed by atoms with E-state index in [1.807, 2.05) is 29.9 Å². The number of rotatable bonds is 2. The van der Waals surface area contributed by atoms with Gasteiger partial charge in [-0.2, -0.15) is 16.9 Å². The Morgan fingerprint density at radius 3 is 3.15 bits per heavy atom. The van der Waals surface area contributed by atoms with Crippen molar-refractivity contribution in [2.45, 2.75) is 18.8 Å². The molecule has 2 saturated heterocycles. The van der Waals surface area contributed by atoms with Crippen molar-refractivity contribution < 1.29 is 9.53 Å². The van der Waals surface area contributed by atoms with Crippen LogP contribution in [-0.2, 0) is 11.8 Å². The van der Waals surface area contributed by atoms with E-state index in [-0.39, 0.29) is 11.8 Å². The number of hydrogen-bond donors (Lipinski definition) is 0. The summed E-state index contributed by atoms with van der Waals surface area (Å²) in [5, 5.41) is 4.52. The van der Waals surface area contributed by atoms with Gasteiger partial charge in [-0.25, -0.2) is 0 Å². The third-order valence-electron chi connectivity index (χ3n) is 3.91. The molecule has 0 aromatic carbocycles. The second-order valence-electron chi connectivity index (χ2n) is 5.42. The van der Waals surface area contributed by atoms with E-state index in [4.69, 9.17) is 4.74 Å². The average molecular weight is 295 g/mol. The first-order valence-electron chi connectivity index (χ1n) is 7.24. The molecule has 5 nitrogen and oxygen atoms in total. The first-order valence-corrected chi connectivity index (χ1v) is 8.39. The monoisotopic (exact) mass is 295 g/mol. The Morgan fingerprint density at radius 1 is 1.45 bits per heavy atom. The van der Waals surface area contributed by atoms with Crippen molar-refractivity contribution >= 4 is 17.7 Å². The minimum Gasteiger partial charge on any atom is -0.381 e. The zero-order valence-corrected chi connectivity index (χ0v) is 12.7. The first-order chi connectivity index (χ1) is 9.75. The maximum atomic E-state index is 12.8. The number of hydrogen-bond acceptors (Lipinski definition) is 4. The van der Waals surface area contributed by atoms with Crippen molar-refractivity contribution in [2.75, 3.05) is 37.8 Å². The molecule has 1 atom stereocenters. The molecule has 1 unspecified atom stereocenters. The second kappa shape index (κ2) is 6.18. The number of thioether (sulfide) groups is 1. The summed E-state index contributed by atoms with van der Waals surface area (Å²) in [6.07, 6.45) is 3.92. The molecule has 3 heterocycles. The molecule has 2 aliphatic heterocycles. The lowest BCUT2D eigenvalue weighted by Crippen LogP contribution is -2.33. The fourth-order valence-corrected chi connectivity index (χ4v) is 3.73. The Bertz CT molecular complexity index is 475. The predicted octanol–water partition coefficient (Wildman–Crippen LogP) is 1.50. The molecule has 3 rings (SSSR count). The highest BCUT2D eigenvalue weighted by Gasteiger charge is 2.29. The van der Waals surface area contributed by atoms with Crippen molar-refractivity contribution in [2.24, 2.45) is 7.05 Å². The molecule has 0 saturated carbocycles. The van der Waals surface area contributed by atoms with Gasteiger partial charge in [-0.05, 0) is 18.6 Å². The van der Waals surface area contributed by atoms with Crippen LogP contribution in [0.1, 0.15) is 34.8 Å². The Morgan fingerprint density at radius 2 is 2.35 bits per heavy atom. The van der Waals surface area contributed by atoms with Crippen LogP contribution < -0.4 is 0 Å². The fraction of sp³-hybridized carbons (Fsp3) is 0.714. The molecule has 1 aromatic heterocycles. The smallest absolute Gasteiger partial charge is 0.257 e. The molecule has 0 bridgehead atoms. The van der Waals surface area contributed by atoms with E-state index in [0.717, 1.165) is 55.3 Å². The largest absolute Gasteiger partial charge is 0.381 e. The normalized spacial score (nSPS) is 23.9. The van der Waals surface area contributed by atoms with Crippen molar-refractivity contribution in [3.63, 3.8) is 0 Å². The van der Waals surface area contributed by atoms with E-state index in [0.29, 0.717) is 6.61 Å². The summed E-state index contributed by atoms with van der Waals surface area (Å²) in [6.45, 7) is 3.17. The Balaban J connectivity index is 1.82. The molecule has 20 heavy (non-hydrogen) atoms. The molecule has 110 valence electrons. The van der Waals surface area contributed by atoms with Crippen LogP contribution in [0.4, 0.5) is 0 Å². The average Bonchev–Trinajstić information content (AvgIpc) is 3.01. The molecule has 0 N–H and O–H groups in total. The van der Waals surface area contributed by atoms with Crippen molar-refractivity contribution in [3.05, 3.63) is 17.5 Å². The minimum absolute atomic E-state index is 0.141. The van der Waals surface area contributed by atoms with E-state index in [1.54, 1.807) is 4.68 Å². The van der Waals surface area contributed by atoms with E-state index >= 15 is 0 Å². The molecule has 0 aliphatic carbocycles. The van der Waals surface area contributed by atoms with E-state index in [1.165, 1.54) is 0 Å². The lowest BCUT2D eigenvalue weighted by molar-refractivity contribution is 0.0766. The highest BCUT2D eigenvalue weighted by atomic mass is 32.2. The topological polar surface area (TPSA) is 47.4 Å². The summed E-state index contributed by atoms with van der Waals surface area (Å²) in [6, 6.07) is 0. The molecule has 0 spiro atoms. The summed E-state index contributed by atoms with van der Waals surface area (Å²) < 4.78 is 7.20. The van der Waals surface area contributed by atoms with E-state index < -0.39 is 0 Å². The van der Waals surface area contributed by atoms with Crippen LogP contribution in [0.25, 0.3) is 0 Å². The predicted molar refractivity (Wildman–Crippen MR) is 79.2 cm³/mol. The number of aryl methyl sites for hydroxylation is 1. The maximum Gasteiger partial charge on any atom is 0.257 e. The highest BCUT2D eigenvalue weighted by molar-refractivity contribution is 7.99. The number of nitrogens with zero attached hydrogens (tertiary/aromatic N) is 3. The fourth-order valence-electron chi connectivity index (χ4n) is 2.84. The molecular weight excluding hydrogens is 274 g/mol. The summed E-state index contributed by atoms with van der Waals surface area (Å²) in [4.78, 5) is 14.7. The standard InChI is InChI=1S/C14H21N3O2S/c1-16-9-12(13(15-16)11-3-6-19-10-11)14(18)17-4-2-7-20-8-5-17/h9,11H,2-8,10H2,1H3. The summed E-state index contributed by atoms with van der Waals surface area (Å²) in [5.41, 5.74) is 1.70. The molecule has 0 radical (unpaired) electrons. The Labute approximate surface area is 123 Å². The SMILES string of the molecule is Cn1cc(C(=O)N2CCCSCC2)c(C2CCOC2)n1. The summed E-state index contributed by atoms with van der Waals surface area (Å²) in [7, 11) is 1.88. The van der Waals surface area contributed by atoms with Crippen LogP contribution in [0, 0.1) is 0 Å². The Kier molecular flexibility index (Phi) is 4.31.